The number of carbonyl (C=O) groups excluding carboxylic acids is 1. The smallest absolute Gasteiger partial charge is 0.263 e. The number of carbonyl (C=O) groups is 1. The zero-order valence-electron chi connectivity index (χ0n) is 15.1. The number of aryl methyl sites for hydroxylation is 2. The van der Waals surface area contributed by atoms with Crippen molar-refractivity contribution in [1.82, 2.24) is 14.9 Å². The predicted octanol–water partition coefficient (Wildman–Crippen LogP) is 3.83. The third kappa shape index (κ3) is 3.83. The lowest BCUT2D eigenvalue weighted by molar-refractivity contribution is -0.118. The summed E-state index contributed by atoms with van der Waals surface area (Å²) in [5.41, 5.74) is 1.26. The van der Waals surface area contributed by atoms with Crippen LogP contribution in [0.3, 0.4) is 0 Å². The van der Waals surface area contributed by atoms with Gasteiger partial charge in [0.15, 0.2) is 5.16 Å². The average Bonchev–Trinajstić information content (AvgIpc) is 3.32. The van der Waals surface area contributed by atoms with Crippen molar-refractivity contribution in [3.63, 3.8) is 0 Å². The summed E-state index contributed by atoms with van der Waals surface area (Å²) in [6.07, 6.45) is 4.36. The maximum atomic E-state index is 13.1. The first kappa shape index (κ1) is 18.7. The van der Waals surface area contributed by atoms with Gasteiger partial charge in [-0.1, -0.05) is 17.8 Å². The minimum atomic E-state index is -0.0455. The Morgan fingerprint density at radius 2 is 2.22 bits per heavy atom. The molecule has 0 fully saturated rings. The second-order valence-electron chi connectivity index (χ2n) is 6.48. The van der Waals surface area contributed by atoms with E-state index in [1.165, 1.54) is 28.6 Å². The molecule has 0 radical (unpaired) electrons. The van der Waals surface area contributed by atoms with Crippen molar-refractivity contribution in [2.24, 2.45) is 0 Å². The number of thiophene rings is 2. The molecule has 0 atom stereocenters. The minimum absolute atomic E-state index is 0.0448. The fourth-order valence-electron chi connectivity index (χ4n) is 3.39. The van der Waals surface area contributed by atoms with Crippen LogP contribution in [0.5, 0.6) is 0 Å². The molecule has 0 saturated heterocycles. The number of nitrogens with one attached hydrogen (secondary N) is 1. The number of nitrogens with zero attached hydrogens (tertiary/aromatic N) is 2. The number of hydrogen-bond acceptors (Lipinski definition) is 6. The second-order valence-corrected chi connectivity index (χ2v) is 9.54. The van der Waals surface area contributed by atoms with Gasteiger partial charge in [0, 0.05) is 16.3 Å². The topological polar surface area (TPSA) is 64.0 Å². The van der Waals surface area contributed by atoms with Gasteiger partial charge in [-0.3, -0.25) is 14.2 Å². The van der Waals surface area contributed by atoms with Crippen molar-refractivity contribution in [3.8, 4) is 0 Å². The molecule has 0 unspecified atom stereocenters. The first-order valence-corrected chi connectivity index (χ1v) is 11.8. The van der Waals surface area contributed by atoms with E-state index in [2.05, 4.69) is 5.32 Å². The Labute approximate surface area is 169 Å². The van der Waals surface area contributed by atoms with Crippen LogP contribution >= 0.6 is 34.4 Å². The molecule has 0 aliphatic heterocycles. The number of aromatic nitrogens is 2. The van der Waals surface area contributed by atoms with Crippen LogP contribution in [0.15, 0.2) is 27.5 Å². The molecule has 1 aliphatic rings. The predicted molar refractivity (Wildman–Crippen MR) is 113 cm³/mol. The Kier molecular flexibility index (Phi) is 5.66. The fraction of sp³-hybridized carbons (Fsp3) is 0.421. The highest BCUT2D eigenvalue weighted by molar-refractivity contribution is 7.99. The van der Waals surface area contributed by atoms with Crippen LogP contribution in [0.2, 0.25) is 0 Å². The van der Waals surface area contributed by atoms with Gasteiger partial charge in [-0.2, -0.15) is 0 Å². The van der Waals surface area contributed by atoms with E-state index in [1.807, 2.05) is 24.4 Å². The molecular weight excluding hydrogens is 398 g/mol. The van der Waals surface area contributed by atoms with E-state index in [-0.39, 0.29) is 17.2 Å². The Hall–Kier alpha value is -1.64. The Bertz CT molecular complexity index is 1020. The number of rotatable bonds is 6. The van der Waals surface area contributed by atoms with E-state index in [0.29, 0.717) is 18.2 Å². The number of fused-ring (bicyclic) bond motifs is 3. The third-order valence-corrected chi connectivity index (χ3v) is 7.77. The SMILES string of the molecule is CCn1c(SCC(=O)NCc2cccs2)nc2sc3c(c2c1=O)CCCC3. The summed E-state index contributed by atoms with van der Waals surface area (Å²) in [4.78, 5) is 33.3. The van der Waals surface area contributed by atoms with Crippen LogP contribution in [0, 0.1) is 0 Å². The zero-order valence-corrected chi connectivity index (χ0v) is 17.6. The first-order valence-electron chi connectivity index (χ1n) is 9.14. The van der Waals surface area contributed by atoms with E-state index in [4.69, 9.17) is 4.98 Å². The molecule has 1 aliphatic carbocycles. The minimum Gasteiger partial charge on any atom is -0.350 e. The van der Waals surface area contributed by atoms with Crippen molar-refractivity contribution < 1.29 is 4.79 Å². The van der Waals surface area contributed by atoms with Crippen LogP contribution in [0.25, 0.3) is 10.2 Å². The maximum Gasteiger partial charge on any atom is 0.263 e. The molecule has 0 spiro atoms. The summed E-state index contributed by atoms with van der Waals surface area (Å²) in [7, 11) is 0. The molecule has 5 nitrogen and oxygen atoms in total. The molecule has 3 heterocycles. The summed E-state index contributed by atoms with van der Waals surface area (Å²) in [6, 6.07) is 3.97. The molecule has 27 heavy (non-hydrogen) atoms. The summed E-state index contributed by atoms with van der Waals surface area (Å²) in [5, 5.41) is 6.37. The molecule has 0 saturated carbocycles. The van der Waals surface area contributed by atoms with E-state index >= 15 is 0 Å². The maximum absolute atomic E-state index is 13.1. The van der Waals surface area contributed by atoms with E-state index in [9.17, 15) is 9.59 Å². The number of thioether (sulfide) groups is 1. The summed E-state index contributed by atoms with van der Waals surface area (Å²) >= 11 is 4.62. The van der Waals surface area contributed by atoms with Crippen LogP contribution in [0.4, 0.5) is 0 Å². The molecule has 8 heteroatoms. The van der Waals surface area contributed by atoms with Crippen molar-refractivity contribution in [2.45, 2.75) is 50.9 Å². The van der Waals surface area contributed by atoms with Gasteiger partial charge < -0.3 is 5.32 Å². The van der Waals surface area contributed by atoms with E-state index in [0.717, 1.165) is 34.4 Å². The van der Waals surface area contributed by atoms with Gasteiger partial charge in [-0.05, 0) is 49.6 Å². The van der Waals surface area contributed by atoms with Gasteiger partial charge in [0.2, 0.25) is 5.91 Å². The lowest BCUT2D eigenvalue weighted by Crippen LogP contribution is -2.26. The third-order valence-electron chi connectivity index (χ3n) is 4.73. The van der Waals surface area contributed by atoms with Gasteiger partial charge in [0.1, 0.15) is 4.83 Å². The lowest BCUT2D eigenvalue weighted by atomic mass is 9.97. The summed E-state index contributed by atoms with van der Waals surface area (Å²) < 4.78 is 1.71. The lowest BCUT2D eigenvalue weighted by Gasteiger charge is -2.12. The molecule has 0 bridgehead atoms. The molecule has 142 valence electrons. The standard InChI is InChI=1S/C19H21N3O2S3/c1-2-22-18(24)16-13-7-3-4-8-14(13)27-17(16)21-19(22)26-11-15(23)20-10-12-6-5-9-25-12/h5-6,9H,2-4,7-8,10-11H2,1H3,(H,20,23). The monoisotopic (exact) mass is 419 g/mol. The molecule has 4 rings (SSSR count). The van der Waals surface area contributed by atoms with Crippen LogP contribution in [0.1, 0.15) is 35.1 Å². The first-order chi connectivity index (χ1) is 13.2. The average molecular weight is 420 g/mol. The zero-order chi connectivity index (χ0) is 18.8. The van der Waals surface area contributed by atoms with Gasteiger partial charge >= 0.3 is 0 Å². The quantitative estimate of drug-likeness (QED) is 0.487. The van der Waals surface area contributed by atoms with E-state index in [1.54, 1.807) is 27.2 Å². The molecule has 3 aromatic heterocycles. The number of hydrogen-bond donors (Lipinski definition) is 1. The van der Waals surface area contributed by atoms with Crippen LogP contribution < -0.4 is 10.9 Å². The summed E-state index contributed by atoms with van der Waals surface area (Å²) in [5.74, 6) is 0.213. The molecule has 0 aromatic carbocycles. The van der Waals surface area contributed by atoms with Crippen LogP contribution in [-0.4, -0.2) is 21.2 Å². The van der Waals surface area contributed by atoms with Crippen molar-refractivity contribution in [2.75, 3.05) is 5.75 Å². The second kappa shape index (κ2) is 8.16. The fourth-order valence-corrected chi connectivity index (χ4v) is 6.23. The highest BCUT2D eigenvalue weighted by atomic mass is 32.2. The van der Waals surface area contributed by atoms with Crippen molar-refractivity contribution in [1.29, 1.82) is 0 Å². The Morgan fingerprint density at radius 1 is 1.37 bits per heavy atom. The highest BCUT2D eigenvalue weighted by Gasteiger charge is 2.22. The van der Waals surface area contributed by atoms with Gasteiger partial charge in [0.25, 0.3) is 5.56 Å². The molecule has 1 amide bonds. The highest BCUT2D eigenvalue weighted by Crippen LogP contribution is 2.34. The molecule has 3 aromatic rings. The number of amides is 1. The molecule has 1 N–H and O–H groups in total. The normalized spacial score (nSPS) is 13.7. The van der Waals surface area contributed by atoms with Gasteiger partial charge in [-0.15, -0.1) is 22.7 Å². The molecular formula is C19H21N3O2S3. The van der Waals surface area contributed by atoms with Gasteiger partial charge in [0.05, 0.1) is 17.7 Å². The van der Waals surface area contributed by atoms with Crippen molar-refractivity contribution in [3.05, 3.63) is 43.2 Å². The van der Waals surface area contributed by atoms with Crippen molar-refractivity contribution >= 4 is 50.6 Å². The largest absolute Gasteiger partial charge is 0.350 e. The Balaban J connectivity index is 1.54. The Morgan fingerprint density at radius 3 is 3.00 bits per heavy atom. The summed E-state index contributed by atoms with van der Waals surface area (Å²) in [6.45, 7) is 3.06. The van der Waals surface area contributed by atoms with Crippen LogP contribution in [-0.2, 0) is 30.7 Å². The van der Waals surface area contributed by atoms with Gasteiger partial charge in [-0.25, -0.2) is 4.98 Å². The van der Waals surface area contributed by atoms with E-state index < -0.39 is 0 Å².